The highest BCUT2D eigenvalue weighted by molar-refractivity contribution is 5.95. The van der Waals surface area contributed by atoms with Gasteiger partial charge in [-0.1, -0.05) is 0 Å². The fourth-order valence-electron chi connectivity index (χ4n) is 2.12. The quantitative estimate of drug-likeness (QED) is 0.860. The molecular formula is C14H20N2O2. The van der Waals surface area contributed by atoms with E-state index in [4.69, 9.17) is 4.74 Å². The monoisotopic (exact) mass is 248 g/mol. The summed E-state index contributed by atoms with van der Waals surface area (Å²) in [5.41, 5.74) is 1.41. The van der Waals surface area contributed by atoms with Crippen molar-refractivity contribution in [3.63, 3.8) is 0 Å². The highest BCUT2D eigenvalue weighted by Crippen LogP contribution is 2.25. The lowest BCUT2D eigenvalue weighted by Crippen LogP contribution is -2.50. The summed E-state index contributed by atoms with van der Waals surface area (Å²) in [5, 5.41) is 6.10. The number of rotatable bonds is 3. The zero-order valence-electron chi connectivity index (χ0n) is 11.1. The van der Waals surface area contributed by atoms with Gasteiger partial charge in [-0.25, -0.2) is 0 Å². The fourth-order valence-corrected chi connectivity index (χ4v) is 2.12. The lowest BCUT2D eigenvalue weighted by atomic mass is 9.94. The topological polar surface area (TPSA) is 50.4 Å². The summed E-state index contributed by atoms with van der Waals surface area (Å²) in [5.74, 6) is -0.0440. The number of amides is 1. The van der Waals surface area contributed by atoms with Crippen molar-refractivity contribution in [2.45, 2.75) is 31.9 Å². The molecule has 1 fully saturated rings. The van der Waals surface area contributed by atoms with Gasteiger partial charge in [0, 0.05) is 24.9 Å². The number of nitrogens with one attached hydrogen (secondary N) is 2. The zero-order valence-corrected chi connectivity index (χ0v) is 11.1. The second kappa shape index (κ2) is 4.98. The van der Waals surface area contributed by atoms with Crippen LogP contribution in [-0.4, -0.2) is 31.2 Å². The second-order valence-electron chi connectivity index (χ2n) is 4.96. The number of hydrogen-bond donors (Lipinski definition) is 2. The van der Waals surface area contributed by atoms with Gasteiger partial charge >= 0.3 is 0 Å². The number of ether oxygens (including phenoxy) is 1. The van der Waals surface area contributed by atoms with Crippen molar-refractivity contribution < 1.29 is 9.53 Å². The van der Waals surface area contributed by atoms with E-state index in [0.717, 1.165) is 12.1 Å². The van der Waals surface area contributed by atoms with E-state index in [9.17, 15) is 4.79 Å². The molecule has 0 aliphatic carbocycles. The average Bonchev–Trinajstić information content (AvgIpc) is 2.69. The summed E-state index contributed by atoms with van der Waals surface area (Å²) in [6.45, 7) is 4.73. The molecule has 2 rings (SSSR count). The summed E-state index contributed by atoms with van der Waals surface area (Å²) in [4.78, 5) is 12.2. The van der Waals surface area contributed by atoms with Crippen molar-refractivity contribution in [2.24, 2.45) is 0 Å². The SMILES string of the molecule is CNc1ccc(C(=O)NC2(C)CCOC2C)cc1. The molecule has 4 nitrogen and oxygen atoms in total. The molecule has 0 saturated carbocycles. The Morgan fingerprint density at radius 2 is 2.06 bits per heavy atom. The first kappa shape index (κ1) is 12.9. The third-order valence-corrected chi connectivity index (χ3v) is 3.72. The second-order valence-corrected chi connectivity index (χ2v) is 4.96. The van der Waals surface area contributed by atoms with Gasteiger partial charge in [-0.2, -0.15) is 0 Å². The van der Waals surface area contributed by atoms with Crippen molar-refractivity contribution >= 4 is 11.6 Å². The molecule has 0 aromatic heterocycles. The van der Waals surface area contributed by atoms with Crippen molar-refractivity contribution in [2.75, 3.05) is 19.0 Å². The summed E-state index contributed by atoms with van der Waals surface area (Å²) in [6.07, 6.45) is 0.909. The van der Waals surface area contributed by atoms with Crippen LogP contribution < -0.4 is 10.6 Å². The average molecular weight is 248 g/mol. The molecule has 2 N–H and O–H groups in total. The van der Waals surface area contributed by atoms with Crippen molar-refractivity contribution in [3.8, 4) is 0 Å². The summed E-state index contributed by atoms with van der Waals surface area (Å²) in [7, 11) is 1.85. The maximum Gasteiger partial charge on any atom is 0.251 e. The van der Waals surface area contributed by atoms with Gasteiger partial charge in [0.05, 0.1) is 11.6 Å². The predicted octanol–water partition coefficient (Wildman–Crippen LogP) is 2.03. The molecule has 4 heteroatoms. The molecule has 18 heavy (non-hydrogen) atoms. The largest absolute Gasteiger partial charge is 0.388 e. The Balaban J connectivity index is 2.07. The first-order valence-corrected chi connectivity index (χ1v) is 6.27. The van der Waals surface area contributed by atoms with Crippen LogP contribution in [0, 0.1) is 0 Å². The molecule has 0 bridgehead atoms. The minimum absolute atomic E-state index is 0.0440. The molecule has 2 unspecified atom stereocenters. The first-order chi connectivity index (χ1) is 8.55. The third-order valence-electron chi connectivity index (χ3n) is 3.72. The molecule has 1 aromatic carbocycles. The Morgan fingerprint density at radius 1 is 1.39 bits per heavy atom. The zero-order chi connectivity index (χ0) is 13.2. The Hall–Kier alpha value is -1.55. The lowest BCUT2D eigenvalue weighted by Gasteiger charge is -2.28. The molecule has 2 atom stereocenters. The van der Waals surface area contributed by atoms with Crippen LogP contribution >= 0.6 is 0 Å². The van der Waals surface area contributed by atoms with Crippen LogP contribution in [0.25, 0.3) is 0 Å². The fraction of sp³-hybridized carbons (Fsp3) is 0.500. The number of carbonyl (C=O) groups excluding carboxylic acids is 1. The van der Waals surface area contributed by atoms with Crippen molar-refractivity contribution in [1.29, 1.82) is 0 Å². The molecule has 1 aliphatic heterocycles. The van der Waals surface area contributed by atoms with E-state index >= 15 is 0 Å². The lowest BCUT2D eigenvalue weighted by molar-refractivity contribution is 0.0727. The van der Waals surface area contributed by atoms with Gasteiger partial charge in [0.15, 0.2) is 0 Å². The number of anilines is 1. The van der Waals surface area contributed by atoms with Gasteiger partial charge in [-0.3, -0.25) is 4.79 Å². The van der Waals surface area contributed by atoms with E-state index < -0.39 is 0 Å². The molecule has 1 aliphatic rings. The molecule has 1 aromatic rings. The Labute approximate surface area is 108 Å². The number of carbonyl (C=O) groups is 1. The van der Waals surface area contributed by atoms with Crippen molar-refractivity contribution in [3.05, 3.63) is 29.8 Å². The van der Waals surface area contributed by atoms with Crippen LogP contribution in [-0.2, 0) is 4.74 Å². The van der Waals surface area contributed by atoms with Crippen LogP contribution in [0.4, 0.5) is 5.69 Å². The van der Waals surface area contributed by atoms with Crippen LogP contribution in [0.5, 0.6) is 0 Å². The first-order valence-electron chi connectivity index (χ1n) is 6.27. The summed E-state index contributed by atoms with van der Waals surface area (Å²) >= 11 is 0. The molecule has 0 spiro atoms. The van der Waals surface area contributed by atoms with Crippen molar-refractivity contribution in [1.82, 2.24) is 5.32 Å². The highest BCUT2D eigenvalue weighted by Gasteiger charge is 2.38. The molecule has 1 heterocycles. The number of benzene rings is 1. The van der Waals surface area contributed by atoms with Gasteiger partial charge < -0.3 is 15.4 Å². The van der Waals surface area contributed by atoms with E-state index in [1.54, 1.807) is 0 Å². The third kappa shape index (κ3) is 2.48. The number of hydrogen-bond acceptors (Lipinski definition) is 3. The van der Waals surface area contributed by atoms with E-state index in [1.807, 2.05) is 45.2 Å². The molecular weight excluding hydrogens is 228 g/mol. The van der Waals surface area contributed by atoms with Crippen LogP contribution in [0.1, 0.15) is 30.6 Å². The maximum absolute atomic E-state index is 12.2. The van der Waals surface area contributed by atoms with E-state index in [0.29, 0.717) is 12.2 Å². The normalized spacial score (nSPS) is 26.9. The van der Waals surface area contributed by atoms with Gasteiger partial charge in [-0.05, 0) is 44.5 Å². The Morgan fingerprint density at radius 3 is 2.56 bits per heavy atom. The van der Waals surface area contributed by atoms with Crippen LogP contribution in [0.15, 0.2) is 24.3 Å². The molecule has 0 radical (unpaired) electrons. The smallest absolute Gasteiger partial charge is 0.251 e. The van der Waals surface area contributed by atoms with Gasteiger partial charge in [0.1, 0.15) is 0 Å². The molecule has 1 saturated heterocycles. The summed E-state index contributed by atoms with van der Waals surface area (Å²) in [6, 6.07) is 7.44. The summed E-state index contributed by atoms with van der Waals surface area (Å²) < 4.78 is 5.52. The molecule has 1 amide bonds. The Bertz CT molecular complexity index is 430. The Kier molecular flexibility index (Phi) is 3.57. The van der Waals surface area contributed by atoms with E-state index in [2.05, 4.69) is 10.6 Å². The van der Waals surface area contributed by atoms with E-state index in [1.165, 1.54) is 0 Å². The predicted molar refractivity (Wildman–Crippen MR) is 71.9 cm³/mol. The highest BCUT2D eigenvalue weighted by atomic mass is 16.5. The standard InChI is InChI=1S/C14H20N2O2/c1-10-14(2,8-9-18-10)16-13(17)11-4-6-12(15-3)7-5-11/h4-7,10,15H,8-9H2,1-3H3,(H,16,17). The van der Waals surface area contributed by atoms with Crippen LogP contribution in [0.2, 0.25) is 0 Å². The van der Waals surface area contributed by atoms with Gasteiger partial charge in [0.25, 0.3) is 5.91 Å². The van der Waals surface area contributed by atoms with Crippen LogP contribution in [0.3, 0.4) is 0 Å². The minimum Gasteiger partial charge on any atom is -0.388 e. The van der Waals surface area contributed by atoms with Gasteiger partial charge in [-0.15, -0.1) is 0 Å². The molecule has 98 valence electrons. The maximum atomic E-state index is 12.2. The van der Waals surface area contributed by atoms with E-state index in [-0.39, 0.29) is 17.6 Å². The minimum atomic E-state index is -0.265. The van der Waals surface area contributed by atoms with Gasteiger partial charge in [0.2, 0.25) is 0 Å².